The van der Waals surface area contributed by atoms with Gasteiger partial charge in [0.25, 0.3) is 5.91 Å². The molecule has 0 spiro atoms. The molecule has 0 radical (unpaired) electrons. The molecule has 0 bridgehead atoms. The summed E-state index contributed by atoms with van der Waals surface area (Å²) in [5.74, 6) is 0.138. The lowest BCUT2D eigenvalue weighted by Gasteiger charge is -2.35. The van der Waals surface area contributed by atoms with E-state index in [1.165, 1.54) is 6.07 Å². The van der Waals surface area contributed by atoms with Gasteiger partial charge in [0.15, 0.2) is 0 Å². The fourth-order valence-electron chi connectivity index (χ4n) is 2.17. The van der Waals surface area contributed by atoms with E-state index in [9.17, 15) is 9.59 Å². The van der Waals surface area contributed by atoms with Crippen molar-refractivity contribution in [1.82, 2.24) is 4.90 Å². The number of amides is 1. The first-order valence-corrected chi connectivity index (χ1v) is 6.93. The van der Waals surface area contributed by atoms with Crippen LogP contribution in [0.25, 0.3) is 0 Å². The van der Waals surface area contributed by atoms with E-state index in [0.29, 0.717) is 16.7 Å². The van der Waals surface area contributed by atoms with Crippen molar-refractivity contribution in [2.24, 2.45) is 11.8 Å². The summed E-state index contributed by atoms with van der Waals surface area (Å²) < 4.78 is 0. The van der Waals surface area contributed by atoms with E-state index in [1.807, 2.05) is 4.90 Å². The zero-order valence-electron chi connectivity index (χ0n) is 10.5. The highest BCUT2D eigenvalue weighted by Gasteiger charge is 2.27. The second kappa shape index (κ2) is 5.10. The maximum absolute atomic E-state index is 12.2. The molecule has 2 unspecified atom stereocenters. The SMILES string of the molecule is CC1CCN(C(=O)c2ccc(C(=O)O)s2)CC1C. The molecule has 18 heavy (non-hydrogen) atoms. The first-order valence-electron chi connectivity index (χ1n) is 6.11. The number of carbonyl (C=O) groups is 2. The molecule has 1 saturated heterocycles. The van der Waals surface area contributed by atoms with Crippen molar-refractivity contribution in [3.63, 3.8) is 0 Å². The Labute approximate surface area is 110 Å². The number of carboxylic acids is 1. The van der Waals surface area contributed by atoms with Crippen molar-refractivity contribution in [3.05, 3.63) is 21.9 Å². The monoisotopic (exact) mass is 267 g/mol. The van der Waals surface area contributed by atoms with Gasteiger partial charge in [-0.25, -0.2) is 4.79 Å². The van der Waals surface area contributed by atoms with Crippen LogP contribution in [0.5, 0.6) is 0 Å². The van der Waals surface area contributed by atoms with Gasteiger partial charge in [0, 0.05) is 13.1 Å². The fourth-order valence-corrected chi connectivity index (χ4v) is 2.98. The Morgan fingerprint density at radius 3 is 2.50 bits per heavy atom. The third-order valence-corrected chi connectivity index (χ3v) is 4.71. The minimum atomic E-state index is -0.973. The molecule has 1 aliphatic rings. The summed E-state index contributed by atoms with van der Waals surface area (Å²) in [5.41, 5.74) is 0. The second-order valence-corrected chi connectivity index (χ2v) is 6.05. The molecule has 1 aromatic rings. The average Bonchev–Trinajstić information content (AvgIpc) is 2.81. The quantitative estimate of drug-likeness (QED) is 0.896. The molecule has 2 heterocycles. The Bertz CT molecular complexity index is 469. The molecular formula is C13H17NO3S. The molecular weight excluding hydrogens is 250 g/mol. The Morgan fingerprint density at radius 2 is 1.94 bits per heavy atom. The van der Waals surface area contributed by atoms with E-state index < -0.39 is 5.97 Å². The van der Waals surface area contributed by atoms with Gasteiger partial charge in [0.2, 0.25) is 0 Å². The highest BCUT2D eigenvalue weighted by atomic mass is 32.1. The molecule has 2 rings (SSSR count). The van der Waals surface area contributed by atoms with Gasteiger partial charge in [-0.2, -0.15) is 0 Å². The van der Waals surface area contributed by atoms with Crippen LogP contribution in [-0.2, 0) is 0 Å². The molecule has 1 amide bonds. The van der Waals surface area contributed by atoms with Crippen LogP contribution in [0.2, 0.25) is 0 Å². The van der Waals surface area contributed by atoms with E-state index in [2.05, 4.69) is 13.8 Å². The van der Waals surface area contributed by atoms with Gasteiger partial charge in [-0.05, 0) is 30.4 Å². The average molecular weight is 267 g/mol. The topological polar surface area (TPSA) is 57.6 Å². The van der Waals surface area contributed by atoms with E-state index in [4.69, 9.17) is 5.11 Å². The number of piperidine rings is 1. The molecule has 0 saturated carbocycles. The van der Waals surface area contributed by atoms with Crippen molar-refractivity contribution in [2.45, 2.75) is 20.3 Å². The summed E-state index contributed by atoms with van der Waals surface area (Å²) in [5, 5.41) is 8.85. The number of nitrogens with zero attached hydrogens (tertiary/aromatic N) is 1. The smallest absolute Gasteiger partial charge is 0.345 e. The second-order valence-electron chi connectivity index (χ2n) is 4.96. The number of hydrogen-bond acceptors (Lipinski definition) is 3. The third-order valence-electron chi connectivity index (χ3n) is 3.65. The largest absolute Gasteiger partial charge is 0.477 e. The van der Waals surface area contributed by atoms with Crippen LogP contribution in [-0.4, -0.2) is 35.0 Å². The molecule has 1 N–H and O–H groups in total. The van der Waals surface area contributed by atoms with Crippen molar-refractivity contribution in [2.75, 3.05) is 13.1 Å². The van der Waals surface area contributed by atoms with Gasteiger partial charge in [0.05, 0.1) is 4.88 Å². The number of likely N-dealkylation sites (tertiary alicyclic amines) is 1. The van der Waals surface area contributed by atoms with E-state index >= 15 is 0 Å². The van der Waals surface area contributed by atoms with Crippen LogP contribution in [0, 0.1) is 11.8 Å². The van der Waals surface area contributed by atoms with Crippen molar-refractivity contribution < 1.29 is 14.7 Å². The lowest BCUT2D eigenvalue weighted by atomic mass is 9.88. The molecule has 0 aromatic carbocycles. The number of aromatic carboxylic acids is 1. The van der Waals surface area contributed by atoms with Crippen LogP contribution < -0.4 is 0 Å². The number of thiophene rings is 1. The molecule has 98 valence electrons. The van der Waals surface area contributed by atoms with Gasteiger partial charge in [-0.3, -0.25) is 4.79 Å². The van der Waals surface area contributed by atoms with Crippen LogP contribution in [0.1, 0.15) is 39.6 Å². The maximum atomic E-state index is 12.2. The molecule has 1 aromatic heterocycles. The summed E-state index contributed by atoms with van der Waals surface area (Å²) in [6.45, 7) is 5.90. The Morgan fingerprint density at radius 1 is 1.28 bits per heavy atom. The summed E-state index contributed by atoms with van der Waals surface area (Å²) in [6, 6.07) is 3.11. The predicted octanol–water partition coefficient (Wildman–Crippen LogP) is 2.56. The van der Waals surface area contributed by atoms with Gasteiger partial charge in [-0.1, -0.05) is 13.8 Å². The zero-order valence-corrected chi connectivity index (χ0v) is 11.4. The summed E-state index contributed by atoms with van der Waals surface area (Å²) in [7, 11) is 0. The molecule has 1 fully saturated rings. The van der Waals surface area contributed by atoms with Crippen molar-refractivity contribution in [3.8, 4) is 0 Å². The van der Waals surface area contributed by atoms with Crippen LogP contribution in [0.3, 0.4) is 0 Å². The Kier molecular flexibility index (Phi) is 3.71. The highest BCUT2D eigenvalue weighted by Crippen LogP contribution is 2.25. The van der Waals surface area contributed by atoms with E-state index in [0.717, 1.165) is 30.8 Å². The highest BCUT2D eigenvalue weighted by molar-refractivity contribution is 7.15. The summed E-state index contributed by atoms with van der Waals surface area (Å²) in [6.07, 6.45) is 1.02. The normalized spacial score (nSPS) is 24.0. The van der Waals surface area contributed by atoms with Gasteiger partial charge < -0.3 is 10.0 Å². The predicted molar refractivity (Wildman–Crippen MR) is 70.1 cm³/mol. The first kappa shape index (κ1) is 13.1. The molecule has 4 nitrogen and oxygen atoms in total. The van der Waals surface area contributed by atoms with Crippen molar-refractivity contribution >= 4 is 23.2 Å². The van der Waals surface area contributed by atoms with Gasteiger partial charge >= 0.3 is 5.97 Å². The van der Waals surface area contributed by atoms with Crippen molar-refractivity contribution in [1.29, 1.82) is 0 Å². The maximum Gasteiger partial charge on any atom is 0.345 e. The van der Waals surface area contributed by atoms with E-state index in [-0.39, 0.29) is 10.8 Å². The molecule has 5 heteroatoms. The summed E-state index contributed by atoms with van der Waals surface area (Å²) >= 11 is 1.05. The fraction of sp³-hybridized carbons (Fsp3) is 0.538. The first-order chi connectivity index (χ1) is 8.49. The minimum absolute atomic E-state index is 0.0359. The van der Waals surface area contributed by atoms with Crippen LogP contribution in [0.4, 0.5) is 0 Å². The number of carboxylic acid groups (broad SMARTS) is 1. The molecule has 2 atom stereocenters. The molecule has 0 aliphatic carbocycles. The molecule has 1 aliphatic heterocycles. The standard InChI is InChI=1S/C13H17NO3S/c1-8-5-6-14(7-9(8)2)12(15)10-3-4-11(18-10)13(16)17/h3-4,8-9H,5-7H2,1-2H3,(H,16,17). The Balaban J connectivity index is 2.09. The van der Waals surface area contributed by atoms with Crippen LogP contribution >= 0.6 is 11.3 Å². The zero-order chi connectivity index (χ0) is 13.3. The lowest BCUT2D eigenvalue weighted by molar-refractivity contribution is 0.0632. The Hall–Kier alpha value is -1.36. The lowest BCUT2D eigenvalue weighted by Crippen LogP contribution is -2.41. The minimum Gasteiger partial charge on any atom is -0.477 e. The van der Waals surface area contributed by atoms with Gasteiger partial charge in [0.1, 0.15) is 4.88 Å². The summed E-state index contributed by atoms with van der Waals surface area (Å²) in [4.78, 5) is 25.6. The van der Waals surface area contributed by atoms with Gasteiger partial charge in [-0.15, -0.1) is 11.3 Å². The number of rotatable bonds is 2. The third kappa shape index (κ3) is 2.56. The number of carbonyl (C=O) groups excluding carboxylic acids is 1. The van der Waals surface area contributed by atoms with E-state index in [1.54, 1.807) is 6.07 Å². The number of hydrogen-bond donors (Lipinski definition) is 1. The van der Waals surface area contributed by atoms with Crippen LogP contribution in [0.15, 0.2) is 12.1 Å².